The number of nitrogens with one attached hydrogen (secondary N) is 2. The van der Waals surface area contributed by atoms with Gasteiger partial charge in [0.2, 0.25) is 0 Å². The topological polar surface area (TPSA) is 54.0 Å². The minimum absolute atomic E-state index is 0.0275. The molecule has 0 aliphatic heterocycles. The van der Waals surface area contributed by atoms with E-state index in [1.165, 1.54) is 4.88 Å². The summed E-state index contributed by atoms with van der Waals surface area (Å²) in [6, 6.07) is -0.203. The molecular weight excluding hydrogens is 198 g/mol. The molecule has 0 saturated heterocycles. The first-order chi connectivity index (χ1) is 6.67. The van der Waals surface area contributed by atoms with Gasteiger partial charge in [-0.15, -0.1) is 11.3 Å². The molecular formula is C9H15N3OS. The van der Waals surface area contributed by atoms with Crippen LogP contribution in [0.1, 0.15) is 29.8 Å². The van der Waals surface area contributed by atoms with E-state index in [1.54, 1.807) is 18.4 Å². The van der Waals surface area contributed by atoms with Crippen LogP contribution in [0, 0.1) is 0 Å². The van der Waals surface area contributed by atoms with Crippen LogP contribution in [-0.4, -0.2) is 18.1 Å². The molecule has 0 fully saturated rings. The third-order valence-corrected chi connectivity index (χ3v) is 3.19. The molecule has 0 aromatic carbocycles. The summed E-state index contributed by atoms with van der Waals surface area (Å²) < 4.78 is 0. The van der Waals surface area contributed by atoms with Crippen molar-refractivity contribution in [3.63, 3.8) is 0 Å². The molecule has 14 heavy (non-hydrogen) atoms. The highest BCUT2D eigenvalue weighted by atomic mass is 32.1. The van der Waals surface area contributed by atoms with Gasteiger partial charge in [0.25, 0.3) is 0 Å². The van der Waals surface area contributed by atoms with Crippen LogP contribution in [0.15, 0.2) is 6.20 Å². The van der Waals surface area contributed by atoms with Gasteiger partial charge in [0.15, 0.2) is 0 Å². The van der Waals surface area contributed by atoms with Crippen molar-refractivity contribution in [2.75, 3.05) is 7.05 Å². The summed E-state index contributed by atoms with van der Waals surface area (Å²) >= 11 is 1.64. The number of carbonyl (C=O) groups excluding carboxylic acids is 1. The zero-order chi connectivity index (χ0) is 10.6. The van der Waals surface area contributed by atoms with Crippen LogP contribution in [0.4, 0.5) is 4.79 Å². The van der Waals surface area contributed by atoms with Crippen LogP contribution in [0.3, 0.4) is 0 Å². The number of thiazole rings is 1. The first kappa shape index (κ1) is 11.0. The van der Waals surface area contributed by atoms with Crippen molar-refractivity contribution in [1.29, 1.82) is 0 Å². The monoisotopic (exact) mass is 213 g/mol. The van der Waals surface area contributed by atoms with Gasteiger partial charge in [0, 0.05) is 18.1 Å². The van der Waals surface area contributed by atoms with E-state index >= 15 is 0 Å². The van der Waals surface area contributed by atoms with Crippen LogP contribution in [0.2, 0.25) is 0 Å². The molecule has 1 rings (SSSR count). The van der Waals surface area contributed by atoms with Gasteiger partial charge in [0.05, 0.1) is 6.04 Å². The Bertz CT molecular complexity index is 311. The highest BCUT2D eigenvalue weighted by Gasteiger charge is 2.11. The van der Waals surface area contributed by atoms with E-state index < -0.39 is 0 Å². The van der Waals surface area contributed by atoms with Crippen molar-refractivity contribution in [2.45, 2.75) is 26.3 Å². The minimum Gasteiger partial charge on any atom is -0.341 e. The summed E-state index contributed by atoms with van der Waals surface area (Å²) in [5, 5.41) is 6.24. The average molecular weight is 213 g/mol. The molecule has 1 heterocycles. The van der Waals surface area contributed by atoms with E-state index in [4.69, 9.17) is 0 Å². The van der Waals surface area contributed by atoms with E-state index in [1.807, 2.05) is 13.1 Å². The first-order valence-electron chi connectivity index (χ1n) is 4.60. The maximum absolute atomic E-state index is 11.0. The van der Waals surface area contributed by atoms with E-state index in [0.29, 0.717) is 0 Å². The van der Waals surface area contributed by atoms with E-state index in [9.17, 15) is 4.79 Å². The van der Waals surface area contributed by atoms with Gasteiger partial charge in [-0.3, -0.25) is 0 Å². The molecule has 0 aliphatic carbocycles. The van der Waals surface area contributed by atoms with Crippen LogP contribution in [0.5, 0.6) is 0 Å². The predicted octanol–water partition coefficient (Wildman–Crippen LogP) is 1.70. The highest BCUT2D eigenvalue weighted by molar-refractivity contribution is 7.11. The number of hydrogen-bond donors (Lipinski definition) is 2. The Balaban J connectivity index is 2.60. The van der Waals surface area contributed by atoms with Gasteiger partial charge in [-0.2, -0.15) is 0 Å². The molecule has 1 aromatic heterocycles. The fourth-order valence-electron chi connectivity index (χ4n) is 1.02. The summed E-state index contributed by atoms with van der Waals surface area (Å²) in [7, 11) is 1.60. The van der Waals surface area contributed by atoms with E-state index in [-0.39, 0.29) is 12.1 Å². The zero-order valence-corrected chi connectivity index (χ0v) is 9.44. The SMILES string of the molecule is CCc1cnc(C(C)NC(=O)NC)s1. The number of urea groups is 1. The number of amides is 2. The van der Waals surface area contributed by atoms with Crippen molar-refractivity contribution < 1.29 is 4.79 Å². The molecule has 1 aromatic rings. The van der Waals surface area contributed by atoms with Gasteiger partial charge in [-0.25, -0.2) is 9.78 Å². The number of aromatic nitrogens is 1. The van der Waals surface area contributed by atoms with Gasteiger partial charge in [0.1, 0.15) is 5.01 Å². The van der Waals surface area contributed by atoms with Gasteiger partial charge < -0.3 is 10.6 Å². The second kappa shape index (κ2) is 4.95. The fourth-order valence-corrected chi connectivity index (χ4v) is 1.88. The number of carbonyl (C=O) groups is 1. The molecule has 0 saturated carbocycles. The third kappa shape index (κ3) is 2.70. The Hall–Kier alpha value is -1.10. The smallest absolute Gasteiger partial charge is 0.315 e. The largest absolute Gasteiger partial charge is 0.341 e. The normalized spacial score (nSPS) is 12.2. The average Bonchev–Trinajstić information content (AvgIpc) is 2.65. The van der Waals surface area contributed by atoms with Crippen LogP contribution in [0.25, 0.3) is 0 Å². The second-order valence-electron chi connectivity index (χ2n) is 2.96. The van der Waals surface area contributed by atoms with Crippen molar-refractivity contribution >= 4 is 17.4 Å². The van der Waals surface area contributed by atoms with Gasteiger partial charge >= 0.3 is 6.03 Å². The molecule has 0 spiro atoms. The van der Waals surface area contributed by atoms with Crippen molar-refractivity contribution in [3.8, 4) is 0 Å². The molecule has 0 bridgehead atoms. The van der Waals surface area contributed by atoms with Gasteiger partial charge in [-0.05, 0) is 13.3 Å². The molecule has 1 atom stereocenters. The quantitative estimate of drug-likeness (QED) is 0.803. The molecule has 5 heteroatoms. The second-order valence-corrected chi connectivity index (χ2v) is 4.11. The third-order valence-electron chi connectivity index (χ3n) is 1.86. The lowest BCUT2D eigenvalue weighted by molar-refractivity contribution is 0.240. The summed E-state index contributed by atoms with van der Waals surface area (Å²) in [4.78, 5) is 16.5. The lowest BCUT2D eigenvalue weighted by Gasteiger charge is -2.09. The lowest BCUT2D eigenvalue weighted by atomic mass is 10.3. The first-order valence-corrected chi connectivity index (χ1v) is 5.41. The summed E-state index contributed by atoms with van der Waals surface area (Å²) in [5.41, 5.74) is 0. The molecule has 4 nitrogen and oxygen atoms in total. The molecule has 2 amide bonds. The summed E-state index contributed by atoms with van der Waals surface area (Å²) in [5.74, 6) is 0. The Morgan fingerprint density at radius 3 is 2.93 bits per heavy atom. The van der Waals surface area contributed by atoms with Crippen LogP contribution in [-0.2, 0) is 6.42 Å². The molecule has 1 unspecified atom stereocenters. The lowest BCUT2D eigenvalue weighted by Crippen LogP contribution is -2.34. The number of aryl methyl sites for hydroxylation is 1. The number of hydrogen-bond acceptors (Lipinski definition) is 3. The Morgan fingerprint density at radius 1 is 1.71 bits per heavy atom. The fraction of sp³-hybridized carbons (Fsp3) is 0.556. The maximum atomic E-state index is 11.0. The Morgan fingerprint density at radius 2 is 2.43 bits per heavy atom. The molecule has 0 aliphatic rings. The minimum atomic E-state index is -0.175. The van der Waals surface area contributed by atoms with Crippen LogP contribution >= 0.6 is 11.3 Å². The van der Waals surface area contributed by atoms with Crippen molar-refractivity contribution in [2.24, 2.45) is 0 Å². The van der Waals surface area contributed by atoms with Crippen molar-refractivity contribution in [3.05, 3.63) is 16.1 Å². The van der Waals surface area contributed by atoms with E-state index in [0.717, 1.165) is 11.4 Å². The molecule has 0 radical (unpaired) electrons. The predicted molar refractivity (Wildman–Crippen MR) is 57.5 cm³/mol. The van der Waals surface area contributed by atoms with E-state index in [2.05, 4.69) is 22.5 Å². The molecule has 2 N–H and O–H groups in total. The summed E-state index contributed by atoms with van der Waals surface area (Å²) in [6.45, 7) is 4.02. The van der Waals surface area contributed by atoms with Crippen LogP contribution < -0.4 is 10.6 Å². The zero-order valence-electron chi connectivity index (χ0n) is 8.63. The number of nitrogens with zero attached hydrogens (tertiary/aromatic N) is 1. The number of rotatable bonds is 3. The Labute approximate surface area is 87.7 Å². The summed E-state index contributed by atoms with van der Waals surface area (Å²) in [6.07, 6.45) is 2.85. The highest BCUT2D eigenvalue weighted by Crippen LogP contribution is 2.19. The standard InChI is InChI=1S/C9H15N3OS/c1-4-7-5-11-8(14-7)6(2)12-9(13)10-3/h5-6H,4H2,1-3H3,(H2,10,12,13). The maximum Gasteiger partial charge on any atom is 0.315 e. The van der Waals surface area contributed by atoms with Crippen molar-refractivity contribution in [1.82, 2.24) is 15.6 Å². The Kier molecular flexibility index (Phi) is 3.88. The van der Waals surface area contributed by atoms with Gasteiger partial charge in [-0.1, -0.05) is 6.92 Å². The molecule has 78 valence electrons.